The van der Waals surface area contributed by atoms with Crippen molar-refractivity contribution in [1.29, 1.82) is 0 Å². The molecule has 19 heavy (non-hydrogen) atoms. The van der Waals surface area contributed by atoms with Gasteiger partial charge < -0.3 is 9.84 Å². The first-order valence-electron chi connectivity index (χ1n) is 5.95. The molecule has 0 aliphatic rings. The molecule has 1 rings (SSSR count). The van der Waals surface area contributed by atoms with Gasteiger partial charge in [-0.15, -0.1) is 0 Å². The van der Waals surface area contributed by atoms with Gasteiger partial charge in [0.2, 0.25) is 0 Å². The number of carbonyl (C=O) groups excluding carboxylic acids is 2. The van der Waals surface area contributed by atoms with Crippen LogP contribution in [0.25, 0.3) is 0 Å². The molecule has 0 saturated heterocycles. The summed E-state index contributed by atoms with van der Waals surface area (Å²) in [7, 11) is 0. The summed E-state index contributed by atoms with van der Waals surface area (Å²) < 4.78 is 4.64. The lowest BCUT2D eigenvalue weighted by molar-refractivity contribution is -0.147. The Kier molecular flexibility index (Phi) is 5.23. The van der Waals surface area contributed by atoms with Crippen LogP contribution in [0.2, 0.25) is 0 Å². The Morgan fingerprint density at radius 1 is 1.26 bits per heavy atom. The summed E-state index contributed by atoms with van der Waals surface area (Å²) >= 11 is 0. The summed E-state index contributed by atoms with van der Waals surface area (Å²) in [6.07, 6.45) is 0.627. The highest BCUT2D eigenvalue weighted by Crippen LogP contribution is 2.16. The minimum absolute atomic E-state index is 0.365. The summed E-state index contributed by atoms with van der Waals surface area (Å²) in [6, 6.07) is 6.83. The van der Waals surface area contributed by atoms with Crippen molar-refractivity contribution in [2.24, 2.45) is 5.92 Å². The third-order valence-electron chi connectivity index (χ3n) is 2.73. The van der Waals surface area contributed by atoms with E-state index in [1.54, 1.807) is 24.3 Å². The summed E-state index contributed by atoms with van der Waals surface area (Å²) in [5, 5.41) is 9.07. The van der Waals surface area contributed by atoms with E-state index in [0.29, 0.717) is 12.0 Å². The first-order valence-corrected chi connectivity index (χ1v) is 5.95. The fourth-order valence-electron chi connectivity index (χ4n) is 1.72. The van der Waals surface area contributed by atoms with Crippen molar-refractivity contribution in [3.63, 3.8) is 0 Å². The van der Waals surface area contributed by atoms with Crippen LogP contribution in [-0.2, 0) is 20.7 Å². The van der Waals surface area contributed by atoms with Gasteiger partial charge >= 0.3 is 11.9 Å². The van der Waals surface area contributed by atoms with Crippen LogP contribution >= 0.6 is 0 Å². The minimum Gasteiger partial charge on any atom is -0.481 e. The molecule has 0 aromatic heterocycles. The number of benzene rings is 1. The predicted molar refractivity (Wildman–Crippen MR) is 67.9 cm³/mol. The van der Waals surface area contributed by atoms with Crippen LogP contribution in [-0.4, -0.2) is 29.4 Å². The Hall–Kier alpha value is -2.17. The maximum atomic E-state index is 12.2. The Bertz CT molecular complexity index is 492. The molecule has 5 heteroatoms. The largest absolute Gasteiger partial charge is 0.481 e. The number of aryl methyl sites for hydroxylation is 1. The topological polar surface area (TPSA) is 80.7 Å². The molecule has 1 N–H and O–H groups in total. The molecule has 5 nitrogen and oxygen atoms in total. The Balaban J connectivity index is 2.99. The monoisotopic (exact) mass is 264 g/mol. The summed E-state index contributed by atoms with van der Waals surface area (Å²) in [6.45, 7) is 2.61. The van der Waals surface area contributed by atoms with E-state index in [1.807, 2.05) is 6.92 Å². The second kappa shape index (κ2) is 6.68. The second-order valence-corrected chi connectivity index (χ2v) is 4.07. The first kappa shape index (κ1) is 14.9. The Morgan fingerprint density at radius 3 is 2.42 bits per heavy atom. The summed E-state index contributed by atoms with van der Waals surface area (Å²) in [5.41, 5.74) is 1.14. The number of rotatable bonds is 6. The van der Waals surface area contributed by atoms with Crippen molar-refractivity contribution in [1.82, 2.24) is 0 Å². The first-order chi connectivity index (χ1) is 8.97. The molecule has 1 atom stereocenters. The molecule has 0 aliphatic carbocycles. The molecular weight excluding hydrogens is 248 g/mol. The quantitative estimate of drug-likeness (QED) is 0.480. The normalized spacial score (nSPS) is 11.7. The lowest BCUT2D eigenvalue weighted by atomic mass is 9.93. The molecule has 1 aromatic carbocycles. The van der Waals surface area contributed by atoms with E-state index in [-0.39, 0.29) is 0 Å². The standard InChI is InChI=1S/C14H16O5/c1-3-10-6-4-5-7-11(10)13(16)12(14(17)18)8-19-9(2)15/h4-7,12H,3,8H2,1-2H3,(H,17,18). The van der Waals surface area contributed by atoms with Crippen LogP contribution in [0.3, 0.4) is 0 Å². The van der Waals surface area contributed by atoms with E-state index in [4.69, 9.17) is 5.11 Å². The molecule has 0 spiro atoms. The minimum atomic E-state index is -1.36. The van der Waals surface area contributed by atoms with Crippen molar-refractivity contribution in [2.75, 3.05) is 6.61 Å². The Labute approximate surface area is 111 Å². The van der Waals surface area contributed by atoms with Crippen LogP contribution in [0, 0.1) is 5.92 Å². The van der Waals surface area contributed by atoms with Gasteiger partial charge in [0.1, 0.15) is 6.61 Å². The highest BCUT2D eigenvalue weighted by atomic mass is 16.5. The van der Waals surface area contributed by atoms with Gasteiger partial charge in [-0.3, -0.25) is 14.4 Å². The van der Waals surface area contributed by atoms with Crippen molar-refractivity contribution in [2.45, 2.75) is 20.3 Å². The van der Waals surface area contributed by atoms with Gasteiger partial charge in [-0.05, 0) is 12.0 Å². The number of esters is 1. The molecule has 0 radical (unpaired) electrons. The van der Waals surface area contributed by atoms with E-state index in [0.717, 1.165) is 5.56 Å². The van der Waals surface area contributed by atoms with E-state index >= 15 is 0 Å². The molecule has 0 amide bonds. The number of carboxylic acids is 1. The van der Waals surface area contributed by atoms with E-state index < -0.39 is 30.2 Å². The zero-order chi connectivity index (χ0) is 14.4. The van der Waals surface area contributed by atoms with E-state index in [2.05, 4.69) is 4.74 Å². The van der Waals surface area contributed by atoms with E-state index in [1.165, 1.54) is 6.92 Å². The third kappa shape index (κ3) is 3.91. The van der Waals surface area contributed by atoms with Gasteiger partial charge in [-0.25, -0.2) is 0 Å². The lowest BCUT2D eigenvalue weighted by Gasteiger charge is -2.13. The van der Waals surface area contributed by atoms with Crippen molar-refractivity contribution < 1.29 is 24.2 Å². The van der Waals surface area contributed by atoms with Gasteiger partial charge in [-0.1, -0.05) is 31.2 Å². The van der Waals surface area contributed by atoms with Crippen molar-refractivity contribution in [3.8, 4) is 0 Å². The molecule has 0 fully saturated rings. The zero-order valence-corrected chi connectivity index (χ0v) is 10.9. The zero-order valence-electron chi connectivity index (χ0n) is 10.9. The lowest BCUT2D eigenvalue weighted by Crippen LogP contribution is -2.30. The molecule has 0 aliphatic heterocycles. The molecule has 0 heterocycles. The predicted octanol–water partition coefficient (Wildman–Crippen LogP) is 1.70. The fourth-order valence-corrected chi connectivity index (χ4v) is 1.72. The van der Waals surface area contributed by atoms with Crippen LogP contribution in [0.4, 0.5) is 0 Å². The maximum absolute atomic E-state index is 12.2. The SMILES string of the molecule is CCc1ccccc1C(=O)C(COC(C)=O)C(=O)O. The number of carbonyl (C=O) groups is 3. The third-order valence-corrected chi connectivity index (χ3v) is 2.73. The number of Topliss-reactive ketones (excluding diaryl/α,β-unsaturated/α-hetero) is 1. The Morgan fingerprint density at radius 2 is 1.89 bits per heavy atom. The average Bonchev–Trinajstić information content (AvgIpc) is 2.37. The molecule has 1 aromatic rings. The average molecular weight is 264 g/mol. The molecule has 0 bridgehead atoms. The van der Waals surface area contributed by atoms with Gasteiger partial charge in [0.25, 0.3) is 0 Å². The fraction of sp³-hybridized carbons (Fsp3) is 0.357. The van der Waals surface area contributed by atoms with Crippen LogP contribution in [0.5, 0.6) is 0 Å². The number of aliphatic carboxylic acids is 1. The van der Waals surface area contributed by atoms with Gasteiger partial charge in [0.05, 0.1) is 0 Å². The highest BCUT2D eigenvalue weighted by Gasteiger charge is 2.29. The summed E-state index contributed by atoms with van der Waals surface area (Å²) in [5.74, 6) is -3.80. The molecule has 1 unspecified atom stereocenters. The van der Waals surface area contributed by atoms with Crippen molar-refractivity contribution >= 4 is 17.7 Å². The number of hydrogen-bond acceptors (Lipinski definition) is 4. The van der Waals surface area contributed by atoms with Crippen LogP contribution in [0.1, 0.15) is 29.8 Å². The number of hydrogen-bond donors (Lipinski definition) is 1. The molecular formula is C14H16O5. The van der Waals surface area contributed by atoms with Crippen LogP contribution < -0.4 is 0 Å². The van der Waals surface area contributed by atoms with Gasteiger partial charge in [-0.2, -0.15) is 0 Å². The second-order valence-electron chi connectivity index (χ2n) is 4.07. The number of ether oxygens (including phenoxy) is 1. The smallest absolute Gasteiger partial charge is 0.317 e. The van der Waals surface area contributed by atoms with Crippen LogP contribution in [0.15, 0.2) is 24.3 Å². The number of carboxylic acid groups (broad SMARTS) is 1. The van der Waals surface area contributed by atoms with E-state index in [9.17, 15) is 14.4 Å². The molecule has 0 saturated carbocycles. The highest BCUT2D eigenvalue weighted by molar-refractivity contribution is 6.09. The summed E-state index contributed by atoms with van der Waals surface area (Å²) in [4.78, 5) is 34.0. The number of ketones is 1. The van der Waals surface area contributed by atoms with Gasteiger partial charge in [0, 0.05) is 12.5 Å². The van der Waals surface area contributed by atoms with Crippen molar-refractivity contribution in [3.05, 3.63) is 35.4 Å². The maximum Gasteiger partial charge on any atom is 0.317 e. The van der Waals surface area contributed by atoms with Gasteiger partial charge in [0.15, 0.2) is 11.7 Å². The molecule has 102 valence electrons.